The minimum absolute atomic E-state index is 0.114. The molecule has 9 nitrogen and oxygen atoms in total. The van der Waals surface area contributed by atoms with Gasteiger partial charge in [0, 0.05) is 50.7 Å². The molecule has 1 amide bonds. The Bertz CT molecular complexity index is 3870. The second kappa shape index (κ2) is 29.3. The van der Waals surface area contributed by atoms with E-state index in [1.165, 1.54) is 56.3 Å². The van der Waals surface area contributed by atoms with E-state index >= 15 is 0 Å². The van der Waals surface area contributed by atoms with E-state index in [2.05, 4.69) is 159 Å². The average molecular weight is 1230 g/mol. The summed E-state index contributed by atoms with van der Waals surface area (Å²) in [6.07, 6.45) is 1.54. The maximum atomic E-state index is 13.1. The van der Waals surface area contributed by atoms with E-state index in [4.69, 9.17) is 0 Å². The third kappa shape index (κ3) is 18.6. The Labute approximate surface area is 514 Å². The SMILES string of the molecule is CC(C)c1ccccc1-c1cccc(NC(=O)C(C)(F)F)c1.CC(C)c1ccccc1-c1cccc(NS(=O)(=O)C(C)(F)F)c1.Cc1cccc(C(C)C)c1-c1cccc(N(C)C)c1.Cc1cccc(C(C)C)c1-c1cccc(NS(=O)(=O)C2CC2)c1. The number of benzene rings is 8. The molecule has 1 saturated carbocycles. The summed E-state index contributed by atoms with van der Waals surface area (Å²) in [5.74, 6) is -3.12. The van der Waals surface area contributed by atoms with Crippen molar-refractivity contribution in [3.63, 3.8) is 0 Å². The van der Waals surface area contributed by atoms with E-state index in [-0.39, 0.29) is 16.9 Å². The van der Waals surface area contributed by atoms with Gasteiger partial charge in [-0.1, -0.05) is 189 Å². The molecular weight excluding hydrogens is 1140 g/mol. The number of anilines is 4. The van der Waals surface area contributed by atoms with Crippen molar-refractivity contribution in [2.75, 3.05) is 33.8 Å². The van der Waals surface area contributed by atoms with Gasteiger partial charge in [-0.15, -0.1) is 0 Å². The number of nitrogens with zero attached hydrogens (tertiary/aromatic N) is 1. The summed E-state index contributed by atoms with van der Waals surface area (Å²) in [4.78, 5) is 13.5. The molecule has 0 heterocycles. The van der Waals surface area contributed by atoms with Gasteiger partial charge in [0.05, 0.1) is 5.25 Å². The zero-order valence-electron chi connectivity index (χ0n) is 52.4. The van der Waals surface area contributed by atoms with Crippen molar-refractivity contribution in [3.05, 3.63) is 215 Å². The van der Waals surface area contributed by atoms with Crippen LogP contribution in [0.2, 0.25) is 0 Å². The second-order valence-electron chi connectivity index (χ2n) is 23.7. The molecule has 0 atom stereocenters. The Morgan fingerprint density at radius 1 is 0.471 bits per heavy atom. The van der Waals surface area contributed by atoms with E-state index in [9.17, 15) is 39.2 Å². The Kier molecular flexibility index (Phi) is 23.0. The molecule has 3 N–H and O–H groups in total. The molecule has 0 saturated heterocycles. The van der Waals surface area contributed by atoms with Crippen molar-refractivity contribution in [3.8, 4) is 44.5 Å². The molecule has 1 fully saturated rings. The van der Waals surface area contributed by atoms with E-state index in [0.29, 0.717) is 43.0 Å². The Morgan fingerprint density at radius 2 is 0.839 bits per heavy atom. The molecular formula is C72H84F4N4O5S2. The van der Waals surface area contributed by atoms with Crippen molar-refractivity contribution in [1.29, 1.82) is 0 Å². The van der Waals surface area contributed by atoms with Crippen LogP contribution in [0.4, 0.5) is 40.3 Å². The predicted molar refractivity (Wildman–Crippen MR) is 356 cm³/mol. The first-order valence-corrected chi connectivity index (χ1v) is 32.4. The number of halogens is 4. The number of alkyl halides is 4. The fraction of sp³-hybridized carbons (Fsp3) is 0.319. The van der Waals surface area contributed by atoms with Crippen LogP contribution in [0.15, 0.2) is 182 Å². The predicted octanol–water partition coefficient (Wildman–Crippen LogP) is 19.4. The molecule has 0 radical (unpaired) electrons. The molecule has 0 spiro atoms. The van der Waals surface area contributed by atoms with Gasteiger partial charge in [0.1, 0.15) is 0 Å². The molecule has 8 aromatic rings. The van der Waals surface area contributed by atoms with Gasteiger partial charge in [0.25, 0.3) is 15.9 Å². The molecule has 0 aromatic heterocycles. The first-order valence-electron chi connectivity index (χ1n) is 29.4. The fourth-order valence-electron chi connectivity index (χ4n) is 9.96. The van der Waals surface area contributed by atoms with Gasteiger partial charge in [0.2, 0.25) is 10.0 Å². The minimum Gasteiger partial charge on any atom is -0.378 e. The average Bonchev–Trinajstić information content (AvgIpc) is 2.01. The van der Waals surface area contributed by atoms with Crippen molar-refractivity contribution in [2.24, 2.45) is 0 Å². The minimum atomic E-state index is -4.76. The van der Waals surface area contributed by atoms with Gasteiger partial charge >= 0.3 is 11.2 Å². The lowest BCUT2D eigenvalue weighted by atomic mass is 9.89. The second-order valence-corrected chi connectivity index (χ2v) is 27.5. The van der Waals surface area contributed by atoms with Gasteiger partial charge in [0.15, 0.2) is 0 Å². The Balaban J connectivity index is 0.000000186. The van der Waals surface area contributed by atoms with Crippen molar-refractivity contribution < 1.29 is 39.2 Å². The quantitative estimate of drug-likeness (QED) is 0.0780. The summed E-state index contributed by atoms with van der Waals surface area (Å²) in [5.41, 5.74) is 18.5. The number of hydrogen-bond acceptors (Lipinski definition) is 6. The molecule has 15 heteroatoms. The molecule has 0 aliphatic heterocycles. The third-order valence-electron chi connectivity index (χ3n) is 14.8. The zero-order valence-corrected chi connectivity index (χ0v) is 54.1. The van der Waals surface area contributed by atoms with Crippen LogP contribution in [0, 0.1) is 13.8 Å². The largest absolute Gasteiger partial charge is 0.378 e. The highest BCUT2D eigenvalue weighted by Crippen LogP contribution is 2.38. The molecule has 87 heavy (non-hydrogen) atoms. The fourth-order valence-corrected chi connectivity index (χ4v) is 12.0. The lowest BCUT2D eigenvalue weighted by molar-refractivity contribution is -0.137. The lowest BCUT2D eigenvalue weighted by Gasteiger charge is -2.18. The van der Waals surface area contributed by atoms with Crippen LogP contribution in [-0.4, -0.2) is 53.3 Å². The van der Waals surface area contributed by atoms with E-state index < -0.39 is 37.1 Å². The van der Waals surface area contributed by atoms with Crippen molar-refractivity contribution in [2.45, 2.75) is 136 Å². The van der Waals surface area contributed by atoms with Crippen LogP contribution in [0.5, 0.6) is 0 Å². The van der Waals surface area contributed by atoms with Crippen LogP contribution in [0.3, 0.4) is 0 Å². The maximum Gasteiger partial charge on any atom is 0.361 e. The Morgan fingerprint density at radius 3 is 1.26 bits per heavy atom. The van der Waals surface area contributed by atoms with Gasteiger partial charge in [-0.05, 0) is 177 Å². The number of sulfonamides is 2. The highest BCUT2D eigenvalue weighted by Gasteiger charge is 2.40. The monoisotopic (exact) mass is 1220 g/mol. The molecule has 9 rings (SSSR count). The number of hydrogen-bond donors (Lipinski definition) is 3. The molecule has 8 aromatic carbocycles. The third-order valence-corrected chi connectivity index (χ3v) is 18.1. The normalized spacial score (nSPS) is 12.5. The van der Waals surface area contributed by atoms with Crippen LogP contribution >= 0.6 is 0 Å². The standard InChI is InChI=1S/C19H23NO2S.C18H19F2NO.C18H23N.C17H19F2NO2S/c1-13(2)18-9-4-6-14(3)19(18)15-7-5-8-16(12-15)20-23(21,22)17-10-11-17;1-12(2)15-9-4-5-10-16(15)13-7-6-8-14(11-13)21-17(22)18(3,19)20;1-13(2)17-11-6-8-14(3)18(17)15-9-7-10-16(12-15)19(4)5;1-12(2)15-9-4-5-10-16(15)13-7-6-8-14(11-13)20-23(21,22)17(3,18)19/h4-9,12-13,17,20H,10-11H2,1-3H3;4-12H,1-3H3,(H,21,22);6-13H,1-5H3;4-12,20H,1-3H3. The maximum absolute atomic E-state index is 13.1. The highest BCUT2D eigenvalue weighted by molar-refractivity contribution is 7.93. The van der Waals surface area contributed by atoms with Gasteiger partial charge in [-0.3, -0.25) is 14.2 Å². The number of amides is 1. The number of nitrogens with one attached hydrogen (secondary N) is 3. The number of carbonyl (C=O) groups excluding carboxylic acids is 1. The smallest absolute Gasteiger partial charge is 0.361 e. The van der Waals surface area contributed by atoms with Crippen LogP contribution in [-0.2, 0) is 24.8 Å². The lowest BCUT2D eigenvalue weighted by Crippen LogP contribution is -2.31. The van der Waals surface area contributed by atoms with Crippen molar-refractivity contribution >= 4 is 48.7 Å². The zero-order chi connectivity index (χ0) is 64.2. The first-order chi connectivity index (χ1) is 40.8. The number of carbonyl (C=O) groups is 1. The van der Waals surface area contributed by atoms with E-state index in [0.717, 1.165) is 46.2 Å². The first kappa shape index (κ1) is 68.4. The summed E-state index contributed by atoms with van der Waals surface area (Å²) in [5, 5.41) is -1.81. The van der Waals surface area contributed by atoms with E-state index in [1.54, 1.807) is 30.3 Å². The number of rotatable bonds is 17. The summed E-state index contributed by atoms with van der Waals surface area (Å²) in [6.45, 7) is 22.4. The topological polar surface area (TPSA) is 125 Å². The summed E-state index contributed by atoms with van der Waals surface area (Å²) < 4.78 is 104. The summed E-state index contributed by atoms with van der Waals surface area (Å²) in [7, 11) is -3.82. The van der Waals surface area contributed by atoms with Crippen LogP contribution < -0.4 is 19.7 Å². The highest BCUT2D eigenvalue weighted by atomic mass is 32.2. The van der Waals surface area contributed by atoms with Crippen LogP contribution in [0.1, 0.15) is 139 Å². The molecule has 462 valence electrons. The molecule has 0 unspecified atom stereocenters. The molecule has 1 aliphatic carbocycles. The molecule has 0 bridgehead atoms. The van der Waals surface area contributed by atoms with Gasteiger partial charge < -0.3 is 10.2 Å². The Hall–Kier alpha value is -7.75. The van der Waals surface area contributed by atoms with Crippen molar-refractivity contribution in [1.82, 2.24) is 0 Å². The summed E-state index contributed by atoms with van der Waals surface area (Å²) >= 11 is 0. The number of aryl methyl sites for hydroxylation is 2. The van der Waals surface area contributed by atoms with Crippen LogP contribution in [0.25, 0.3) is 44.5 Å². The van der Waals surface area contributed by atoms with Gasteiger partial charge in [-0.2, -0.15) is 17.6 Å². The van der Waals surface area contributed by atoms with E-state index in [1.807, 2.05) is 89.7 Å². The summed E-state index contributed by atoms with van der Waals surface area (Å²) in [6, 6.07) is 58.5. The molecule has 1 aliphatic rings. The van der Waals surface area contributed by atoms with Gasteiger partial charge in [-0.25, -0.2) is 16.8 Å².